The Bertz CT molecular complexity index is 787. The van der Waals surface area contributed by atoms with Crippen molar-refractivity contribution in [2.45, 2.75) is 52.2 Å². The number of carbonyl (C=O) groups excluding carboxylic acids is 1. The number of aryl methyl sites for hydroxylation is 3. The Hall–Kier alpha value is -2.00. The van der Waals surface area contributed by atoms with Crippen LogP contribution in [0.15, 0.2) is 36.4 Å². The predicted octanol–water partition coefficient (Wildman–Crippen LogP) is 4.78. The molecule has 1 amide bonds. The highest BCUT2D eigenvalue weighted by Crippen LogP contribution is 2.26. The van der Waals surface area contributed by atoms with Crippen molar-refractivity contribution < 1.29 is 9.53 Å². The molecule has 0 saturated heterocycles. The van der Waals surface area contributed by atoms with Crippen LogP contribution in [-0.4, -0.2) is 12.0 Å². The van der Waals surface area contributed by atoms with E-state index in [0.717, 1.165) is 17.5 Å². The minimum atomic E-state index is -0.572. The van der Waals surface area contributed by atoms with E-state index in [9.17, 15) is 4.79 Å². The highest BCUT2D eigenvalue weighted by atomic mass is 35.5. The second-order valence-electron chi connectivity index (χ2n) is 6.78. The van der Waals surface area contributed by atoms with Gasteiger partial charge in [0.05, 0.1) is 6.04 Å². The molecular weight excluding hydrogens is 334 g/mol. The van der Waals surface area contributed by atoms with Crippen molar-refractivity contribution in [1.29, 1.82) is 0 Å². The second kappa shape index (κ2) is 7.49. The standard InChI is InChI=1S/C21H24ClNO2/c1-13-11-19(9-10-20(13)22)25-15(3)21(24)23-14(2)17-8-7-16-5-4-6-18(16)12-17/h7-12,14-15H,4-6H2,1-3H3,(H,23,24). The number of fused-ring (bicyclic) bond motifs is 1. The largest absolute Gasteiger partial charge is 0.481 e. The molecule has 2 aromatic carbocycles. The van der Waals surface area contributed by atoms with Crippen molar-refractivity contribution in [2.24, 2.45) is 0 Å². The monoisotopic (exact) mass is 357 g/mol. The van der Waals surface area contributed by atoms with Gasteiger partial charge in [-0.05, 0) is 80.5 Å². The van der Waals surface area contributed by atoms with E-state index in [4.69, 9.17) is 16.3 Å². The van der Waals surface area contributed by atoms with Crippen LogP contribution >= 0.6 is 11.6 Å². The molecule has 0 heterocycles. The molecule has 1 N–H and O–H groups in total. The first-order chi connectivity index (χ1) is 11.9. The summed E-state index contributed by atoms with van der Waals surface area (Å²) in [4.78, 5) is 12.5. The molecule has 1 aliphatic rings. The van der Waals surface area contributed by atoms with Gasteiger partial charge in [0.2, 0.25) is 0 Å². The number of ether oxygens (including phenoxy) is 1. The smallest absolute Gasteiger partial charge is 0.261 e. The molecule has 3 nitrogen and oxygen atoms in total. The van der Waals surface area contributed by atoms with Crippen molar-refractivity contribution in [3.63, 3.8) is 0 Å². The average molecular weight is 358 g/mol. The zero-order valence-corrected chi connectivity index (χ0v) is 15.7. The van der Waals surface area contributed by atoms with Crippen LogP contribution in [0.3, 0.4) is 0 Å². The molecule has 4 heteroatoms. The molecule has 0 aliphatic heterocycles. The molecule has 0 radical (unpaired) electrons. The third kappa shape index (κ3) is 4.16. The zero-order chi connectivity index (χ0) is 18.0. The molecule has 0 saturated carbocycles. The molecule has 2 atom stereocenters. The van der Waals surface area contributed by atoms with Crippen LogP contribution in [0.25, 0.3) is 0 Å². The van der Waals surface area contributed by atoms with E-state index in [2.05, 4.69) is 23.5 Å². The average Bonchev–Trinajstić information content (AvgIpc) is 3.05. The summed E-state index contributed by atoms with van der Waals surface area (Å²) >= 11 is 6.02. The fourth-order valence-electron chi connectivity index (χ4n) is 3.22. The Morgan fingerprint density at radius 3 is 2.64 bits per heavy atom. The van der Waals surface area contributed by atoms with Gasteiger partial charge in [0.15, 0.2) is 6.10 Å². The Kier molecular flexibility index (Phi) is 5.33. The molecular formula is C21H24ClNO2. The lowest BCUT2D eigenvalue weighted by Crippen LogP contribution is -2.37. The molecule has 0 bridgehead atoms. The Balaban J connectivity index is 1.61. The summed E-state index contributed by atoms with van der Waals surface area (Å²) in [6.07, 6.45) is 2.96. The van der Waals surface area contributed by atoms with Crippen LogP contribution < -0.4 is 10.1 Å². The van der Waals surface area contributed by atoms with Gasteiger partial charge >= 0.3 is 0 Å². The lowest BCUT2D eigenvalue weighted by Gasteiger charge is -2.20. The highest BCUT2D eigenvalue weighted by Gasteiger charge is 2.19. The minimum absolute atomic E-state index is 0.0450. The Labute approximate surface area is 154 Å². The number of benzene rings is 2. The van der Waals surface area contributed by atoms with Crippen molar-refractivity contribution in [3.8, 4) is 5.75 Å². The quantitative estimate of drug-likeness (QED) is 0.836. The molecule has 132 valence electrons. The normalized spacial score (nSPS) is 15.4. The number of hydrogen-bond donors (Lipinski definition) is 1. The molecule has 2 aromatic rings. The third-order valence-electron chi connectivity index (χ3n) is 4.79. The van der Waals surface area contributed by atoms with Crippen molar-refractivity contribution >= 4 is 17.5 Å². The van der Waals surface area contributed by atoms with E-state index in [1.165, 1.54) is 24.0 Å². The molecule has 0 spiro atoms. The van der Waals surface area contributed by atoms with Gasteiger partial charge in [-0.2, -0.15) is 0 Å². The summed E-state index contributed by atoms with van der Waals surface area (Å²) < 4.78 is 5.75. The second-order valence-corrected chi connectivity index (χ2v) is 7.19. The first kappa shape index (κ1) is 17.8. The van der Waals surface area contributed by atoms with Gasteiger partial charge in [-0.15, -0.1) is 0 Å². The predicted molar refractivity (Wildman–Crippen MR) is 101 cm³/mol. The Morgan fingerprint density at radius 1 is 1.12 bits per heavy atom. The Morgan fingerprint density at radius 2 is 1.88 bits per heavy atom. The summed E-state index contributed by atoms with van der Waals surface area (Å²) in [7, 11) is 0. The fourth-order valence-corrected chi connectivity index (χ4v) is 3.34. The maximum Gasteiger partial charge on any atom is 0.261 e. The van der Waals surface area contributed by atoms with Gasteiger partial charge in [0.1, 0.15) is 5.75 Å². The van der Waals surface area contributed by atoms with Crippen LogP contribution in [0.1, 0.15) is 48.6 Å². The van der Waals surface area contributed by atoms with Gasteiger partial charge in [-0.3, -0.25) is 4.79 Å². The van der Waals surface area contributed by atoms with Crippen LogP contribution in [0.5, 0.6) is 5.75 Å². The number of amides is 1. The summed E-state index contributed by atoms with van der Waals surface area (Å²) in [5, 5.41) is 3.73. The van der Waals surface area contributed by atoms with Crippen LogP contribution in [0.4, 0.5) is 0 Å². The number of carbonyl (C=O) groups is 1. The van der Waals surface area contributed by atoms with Gasteiger partial charge in [-0.25, -0.2) is 0 Å². The molecule has 0 fully saturated rings. The minimum Gasteiger partial charge on any atom is -0.481 e. The van der Waals surface area contributed by atoms with Crippen molar-refractivity contribution in [3.05, 3.63) is 63.7 Å². The van der Waals surface area contributed by atoms with Gasteiger partial charge in [-0.1, -0.05) is 29.8 Å². The van der Waals surface area contributed by atoms with E-state index in [1.54, 1.807) is 19.1 Å². The lowest BCUT2D eigenvalue weighted by atomic mass is 10.0. The number of rotatable bonds is 5. The number of hydrogen-bond acceptors (Lipinski definition) is 2. The van der Waals surface area contributed by atoms with Gasteiger partial charge in [0.25, 0.3) is 5.91 Å². The number of halogens is 1. The first-order valence-corrected chi connectivity index (χ1v) is 9.16. The van der Waals surface area contributed by atoms with E-state index >= 15 is 0 Å². The van der Waals surface area contributed by atoms with Gasteiger partial charge in [0, 0.05) is 5.02 Å². The number of nitrogens with one attached hydrogen (secondary N) is 1. The van der Waals surface area contributed by atoms with Crippen molar-refractivity contribution in [2.75, 3.05) is 0 Å². The molecule has 0 aromatic heterocycles. The fraction of sp³-hybridized carbons (Fsp3) is 0.381. The van der Waals surface area contributed by atoms with Crippen LogP contribution in [0, 0.1) is 6.92 Å². The zero-order valence-electron chi connectivity index (χ0n) is 14.9. The molecule has 1 aliphatic carbocycles. The van der Waals surface area contributed by atoms with E-state index in [-0.39, 0.29) is 11.9 Å². The van der Waals surface area contributed by atoms with Gasteiger partial charge < -0.3 is 10.1 Å². The van der Waals surface area contributed by atoms with Crippen LogP contribution in [-0.2, 0) is 17.6 Å². The van der Waals surface area contributed by atoms with Crippen LogP contribution in [0.2, 0.25) is 5.02 Å². The van der Waals surface area contributed by atoms with Crippen molar-refractivity contribution in [1.82, 2.24) is 5.32 Å². The molecule has 2 unspecified atom stereocenters. The first-order valence-electron chi connectivity index (χ1n) is 8.79. The topological polar surface area (TPSA) is 38.3 Å². The third-order valence-corrected chi connectivity index (χ3v) is 5.22. The maximum atomic E-state index is 12.5. The van der Waals surface area contributed by atoms with E-state index in [1.807, 2.05) is 19.9 Å². The van der Waals surface area contributed by atoms with E-state index < -0.39 is 6.10 Å². The molecule has 3 rings (SSSR count). The summed E-state index contributed by atoms with van der Waals surface area (Å²) in [6.45, 7) is 5.68. The SMILES string of the molecule is Cc1cc(OC(C)C(=O)NC(C)c2ccc3c(c2)CCC3)ccc1Cl. The maximum absolute atomic E-state index is 12.5. The lowest BCUT2D eigenvalue weighted by molar-refractivity contribution is -0.127. The summed E-state index contributed by atoms with van der Waals surface area (Å²) in [5.74, 6) is 0.523. The summed E-state index contributed by atoms with van der Waals surface area (Å²) in [5.41, 5.74) is 4.93. The van der Waals surface area contributed by atoms with E-state index in [0.29, 0.717) is 10.8 Å². The molecule has 25 heavy (non-hydrogen) atoms. The highest BCUT2D eigenvalue weighted by molar-refractivity contribution is 6.31. The summed E-state index contributed by atoms with van der Waals surface area (Å²) in [6, 6.07) is 11.9.